The van der Waals surface area contributed by atoms with Crippen molar-refractivity contribution in [1.82, 2.24) is 9.97 Å². The number of ether oxygens (including phenoxy) is 1. The molecule has 1 N–H and O–H groups in total. The summed E-state index contributed by atoms with van der Waals surface area (Å²) in [5, 5.41) is 0. The van der Waals surface area contributed by atoms with E-state index in [1.807, 2.05) is 54.6 Å². The first-order valence-corrected chi connectivity index (χ1v) is 8.16. The maximum Gasteiger partial charge on any atom is 0.274 e. The van der Waals surface area contributed by atoms with Crippen LogP contribution in [0.3, 0.4) is 0 Å². The van der Waals surface area contributed by atoms with Crippen molar-refractivity contribution in [1.29, 1.82) is 0 Å². The van der Waals surface area contributed by atoms with E-state index in [0.29, 0.717) is 5.69 Å². The van der Waals surface area contributed by atoms with Crippen LogP contribution < -0.4 is 10.3 Å². The largest absolute Gasteiger partial charge is 0.494 e. The van der Waals surface area contributed by atoms with Crippen LogP contribution in [-0.2, 0) is 0 Å². The molecule has 4 heteroatoms. The highest BCUT2D eigenvalue weighted by Gasteiger charge is 2.01. The van der Waals surface area contributed by atoms with E-state index < -0.39 is 0 Å². The van der Waals surface area contributed by atoms with E-state index in [0.717, 1.165) is 41.8 Å². The fraction of sp³-hybridized carbons (Fsp3) is 0.200. The lowest BCUT2D eigenvalue weighted by atomic mass is 10.2. The van der Waals surface area contributed by atoms with Gasteiger partial charge in [0.1, 0.15) is 11.4 Å². The Morgan fingerprint density at radius 1 is 1.08 bits per heavy atom. The first kappa shape index (κ1) is 16.0. The molecule has 1 heterocycles. The number of aromatic amines is 1. The average molecular weight is 320 g/mol. The summed E-state index contributed by atoms with van der Waals surface area (Å²) in [6.45, 7) is 2.88. The number of hydrogen-bond donors (Lipinski definition) is 1. The molecule has 4 nitrogen and oxygen atoms in total. The molecule has 1 aromatic heterocycles. The summed E-state index contributed by atoms with van der Waals surface area (Å²) in [6.07, 6.45) is 5.78. The molecule has 3 rings (SSSR count). The zero-order chi connectivity index (χ0) is 16.8. The number of nitrogens with one attached hydrogen (secondary N) is 1. The molecule has 0 bridgehead atoms. The van der Waals surface area contributed by atoms with E-state index in [9.17, 15) is 4.79 Å². The molecular weight excluding hydrogens is 300 g/mol. The quantitative estimate of drug-likeness (QED) is 0.690. The minimum atomic E-state index is -0.190. The third-order valence-corrected chi connectivity index (χ3v) is 3.71. The molecule has 0 saturated carbocycles. The number of fused-ring (bicyclic) bond motifs is 1. The van der Waals surface area contributed by atoms with Crippen LogP contribution in [0.5, 0.6) is 5.75 Å². The summed E-state index contributed by atoms with van der Waals surface area (Å²) in [5.41, 5.74) is 2.72. The van der Waals surface area contributed by atoms with Gasteiger partial charge in [0, 0.05) is 0 Å². The van der Waals surface area contributed by atoms with Gasteiger partial charge in [-0.05, 0) is 42.3 Å². The number of para-hydroxylation sites is 2. The fourth-order valence-electron chi connectivity index (χ4n) is 2.34. The van der Waals surface area contributed by atoms with Crippen molar-refractivity contribution >= 4 is 23.2 Å². The second kappa shape index (κ2) is 7.59. The number of hydrogen-bond acceptors (Lipinski definition) is 3. The predicted molar refractivity (Wildman–Crippen MR) is 98.1 cm³/mol. The Bertz CT molecular complexity index is 895. The monoisotopic (exact) mass is 320 g/mol. The number of nitrogens with zero attached hydrogens (tertiary/aromatic N) is 1. The van der Waals surface area contributed by atoms with Gasteiger partial charge in [0.2, 0.25) is 0 Å². The number of rotatable bonds is 6. The Morgan fingerprint density at radius 2 is 1.88 bits per heavy atom. The molecule has 0 atom stereocenters. The number of H-pyrrole nitrogens is 1. The summed E-state index contributed by atoms with van der Waals surface area (Å²) < 4.78 is 5.64. The van der Waals surface area contributed by atoms with Gasteiger partial charge in [0.05, 0.1) is 17.6 Å². The summed E-state index contributed by atoms with van der Waals surface area (Å²) in [6, 6.07) is 15.3. The van der Waals surface area contributed by atoms with Crippen molar-refractivity contribution in [2.45, 2.75) is 19.8 Å². The van der Waals surface area contributed by atoms with E-state index in [2.05, 4.69) is 16.9 Å². The maximum atomic E-state index is 12.1. The summed E-state index contributed by atoms with van der Waals surface area (Å²) in [7, 11) is 0. The molecular formula is C20H20N2O2. The van der Waals surface area contributed by atoms with Gasteiger partial charge >= 0.3 is 0 Å². The number of benzene rings is 2. The van der Waals surface area contributed by atoms with E-state index in [1.165, 1.54) is 0 Å². The van der Waals surface area contributed by atoms with Gasteiger partial charge in [0.25, 0.3) is 5.56 Å². The van der Waals surface area contributed by atoms with Crippen LogP contribution in [0.1, 0.15) is 31.0 Å². The molecule has 0 aliphatic carbocycles. The smallest absolute Gasteiger partial charge is 0.274 e. The van der Waals surface area contributed by atoms with Gasteiger partial charge in [-0.3, -0.25) is 4.79 Å². The highest BCUT2D eigenvalue weighted by molar-refractivity contribution is 5.76. The van der Waals surface area contributed by atoms with Gasteiger partial charge in [-0.2, -0.15) is 0 Å². The van der Waals surface area contributed by atoms with Gasteiger partial charge in [-0.1, -0.05) is 43.7 Å². The van der Waals surface area contributed by atoms with Crippen molar-refractivity contribution in [3.63, 3.8) is 0 Å². The Kier molecular flexibility index (Phi) is 5.06. The Labute approximate surface area is 140 Å². The average Bonchev–Trinajstić information content (AvgIpc) is 2.61. The van der Waals surface area contributed by atoms with Crippen LogP contribution in [0.2, 0.25) is 0 Å². The van der Waals surface area contributed by atoms with Crippen LogP contribution in [0.4, 0.5) is 0 Å². The van der Waals surface area contributed by atoms with Gasteiger partial charge < -0.3 is 9.72 Å². The number of aromatic nitrogens is 2. The summed E-state index contributed by atoms with van der Waals surface area (Å²) >= 11 is 0. The van der Waals surface area contributed by atoms with Crippen molar-refractivity contribution in [2.24, 2.45) is 0 Å². The molecule has 0 aliphatic rings. The second-order valence-corrected chi connectivity index (χ2v) is 5.57. The molecule has 3 aromatic rings. The topological polar surface area (TPSA) is 55.0 Å². The van der Waals surface area contributed by atoms with Crippen molar-refractivity contribution in [3.8, 4) is 5.75 Å². The van der Waals surface area contributed by atoms with Gasteiger partial charge in [-0.25, -0.2) is 4.98 Å². The zero-order valence-corrected chi connectivity index (χ0v) is 13.7. The van der Waals surface area contributed by atoms with Crippen molar-refractivity contribution in [2.75, 3.05) is 6.61 Å². The lowest BCUT2D eigenvalue weighted by Gasteiger charge is -2.05. The minimum absolute atomic E-state index is 0.190. The highest BCUT2D eigenvalue weighted by atomic mass is 16.5. The SMILES string of the molecule is CCCCOc1ccc(/C=C/c2nc3ccccc3[nH]c2=O)cc1. The van der Waals surface area contributed by atoms with Crippen LogP contribution >= 0.6 is 0 Å². The second-order valence-electron chi connectivity index (χ2n) is 5.57. The van der Waals surface area contributed by atoms with Crippen molar-refractivity contribution in [3.05, 3.63) is 70.1 Å². The number of unbranched alkanes of at least 4 members (excludes halogenated alkanes) is 1. The van der Waals surface area contributed by atoms with Crippen molar-refractivity contribution < 1.29 is 4.74 Å². The van der Waals surface area contributed by atoms with Gasteiger partial charge in [0.15, 0.2) is 0 Å². The standard InChI is InChI=1S/C20H20N2O2/c1-2-3-14-24-16-11-8-15(9-12-16)10-13-19-20(23)22-18-7-5-4-6-17(18)21-19/h4-13H,2-3,14H2,1H3,(H,22,23)/b13-10+. The Hall–Kier alpha value is -2.88. The van der Waals surface area contributed by atoms with Crippen LogP contribution in [0, 0.1) is 0 Å². The minimum Gasteiger partial charge on any atom is -0.494 e. The zero-order valence-electron chi connectivity index (χ0n) is 13.7. The molecule has 0 aliphatic heterocycles. The fourth-order valence-corrected chi connectivity index (χ4v) is 2.34. The Balaban J connectivity index is 1.76. The lowest BCUT2D eigenvalue weighted by Crippen LogP contribution is -2.11. The lowest BCUT2D eigenvalue weighted by molar-refractivity contribution is 0.309. The van der Waals surface area contributed by atoms with Crippen LogP contribution in [0.25, 0.3) is 23.2 Å². The molecule has 2 aromatic carbocycles. The normalized spacial score (nSPS) is 11.2. The van der Waals surface area contributed by atoms with E-state index >= 15 is 0 Å². The molecule has 0 spiro atoms. The van der Waals surface area contributed by atoms with E-state index in [4.69, 9.17) is 4.74 Å². The first-order valence-electron chi connectivity index (χ1n) is 8.16. The molecule has 0 radical (unpaired) electrons. The van der Waals surface area contributed by atoms with Crippen LogP contribution in [0.15, 0.2) is 53.3 Å². The van der Waals surface area contributed by atoms with E-state index in [1.54, 1.807) is 6.08 Å². The molecule has 0 amide bonds. The molecule has 0 unspecified atom stereocenters. The summed E-state index contributed by atoms with van der Waals surface area (Å²) in [4.78, 5) is 19.3. The molecule has 24 heavy (non-hydrogen) atoms. The van der Waals surface area contributed by atoms with E-state index in [-0.39, 0.29) is 5.56 Å². The Morgan fingerprint density at radius 3 is 2.67 bits per heavy atom. The maximum absolute atomic E-state index is 12.1. The highest BCUT2D eigenvalue weighted by Crippen LogP contribution is 2.14. The van der Waals surface area contributed by atoms with Gasteiger partial charge in [-0.15, -0.1) is 0 Å². The third-order valence-electron chi connectivity index (χ3n) is 3.71. The summed E-state index contributed by atoms with van der Waals surface area (Å²) in [5.74, 6) is 0.863. The molecule has 0 fully saturated rings. The molecule has 122 valence electrons. The van der Waals surface area contributed by atoms with Crippen LogP contribution in [-0.4, -0.2) is 16.6 Å². The third kappa shape index (κ3) is 3.90. The molecule has 0 saturated heterocycles. The first-order chi connectivity index (χ1) is 11.8. The predicted octanol–water partition coefficient (Wildman–Crippen LogP) is 4.27.